The Morgan fingerprint density at radius 3 is 2.44 bits per heavy atom. The zero-order valence-electron chi connectivity index (χ0n) is 9.75. The van der Waals surface area contributed by atoms with Gasteiger partial charge in [-0.15, -0.1) is 4.73 Å². The van der Waals surface area contributed by atoms with Crippen molar-refractivity contribution >= 4 is 11.9 Å². The van der Waals surface area contributed by atoms with E-state index in [4.69, 9.17) is 4.74 Å². The van der Waals surface area contributed by atoms with Gasteiger partial charge in [-0.1, -0.05) is 0 Å². The molecule has 0 fully saturated rings. The summed E-state index contributed by atoms with van der Waals surface area (Å²) in [7, 11) is 0. The highest BCUT2D eigenvalue weighted by Crippen LogP contribution is 2.18. The Hall–Kier alpha value is -2.22. The molecule has 8 heteroatoms. The molecule has 1 rings (SSSR count). The van der Waals surface area contributed by atoms with Crippen LogP contribution < -0.4 is 10.2 Å². The number of hydrogen-bond acceptors (Lipinski definition) is 6. The molecule has 0 saturated heterocycles. The number of aromatic hydroxyl groups is 2. The molecule has 0 atom stereocenters. The number of aromatic nitrogens is 1. The van der Waals surface area contributed by atoms with Crippen LogP contribution in [0.15, 0.2) is 12.1 Å². The van der Waals surface area contributed by atoms with Gasteiger partial charge in [0.1, 0.15) is 13.2 Å². The lowest BCUT2D eigenvalue weighted by Gasteiger charge is -2.07. The average Bonchev–Trinajstić information content (AvgIpc) is 2.61. The summed E-state index contributed by atoms with van der Waals surface area (Å²) in [6, 6.07) is 2.30. The molecule has 1 heterocycles. The van der Waals surface area contributed by atoms with Crippen LogP contribution in [-0.2, 0) is 14.3 Å². The standard InChI is InChI=1S/C10H14N2O6/c1-2-11-7(13)5-17-6-10(16)18-12-8(14)3-4-9(12)15/h3-4,14-15H,2,5-6H2,1H3,(H,11,13). The van der Waals surface area contributed by atoms with Crippen molar-refractivity contribution in [2.24, 2.45) is 0 Å². The van der Waals surface area contributed by atoms with Crippen LogP contribution in [0, 0.1) is 0 Å². The van der Waals surface area contributed by atoms with Gasteiger partial charge in [0.25, 0.3) is 0 Å². The fourth-order valence-electron chi connectivity index (χ4n) is 1.10. The van der Waals surface area contributed by atoms with Crippen molar-refractivity contribution in [3.63, 3.8) is 0 Å². The van der Waals surface area contributed by atoms with E-state index in [0.717, 1.165) is 12.1 Å². The Morgan fingerprint density at radius 2 is 1.89 bits per heavy atom. The van der Waals surface area contributed by atoms with E-state index in [1.165, 1.54) is 0 Å². The van der Waals surface area contributed by atoms with E-state index in [-0.39, 0.29) is 12.5 Å². The number of carbonyl (C=O) groups excluding carboxylic acids is 2. The summed E-state index contributed by atoms with van der Waals surface area (Å²) in [5.74, 6) is -2.06. The normalized spacial score (nSPS) is 10.1. The average molecular weight is 258 g/mol. The predicted octanol–water partition coefficient (Wildman–Crippen LogP) is -0.993. The van der Waals surface area contributed by atoms with Crippen LogP contribution in [0.1, 0.15) is 6.92 Å². The smallest absolute Gasteiger partial charge is 0.358 e. The van der Waals surface area contributed by atoms with E-state index in [0.29, 0.717) is 11.3 Å². The molecule has 0 aromatic carbocycles. The van der Waals surface area contributed by atoms with E-state index in [1.54, 1.807) is 6.92 Å². The van der Waals surface area contributed by atoms with Gasteiger partial charge in [-0.05, 0) is 6.92 Å². The molecule has 0 aliphatic heterocycles. The maximum atomic E-state index is 11.2. The third-order valence-electron chi connectivity index (χ3n) is 1.82. The number of rotatable bonds is 6. The van der Waals surface area contributed by atoms with Gasteiger partial charge in [0.15, 0.2) is 0 Å². The second kappa shape index (κ2) is 6.50. The summed E-state index contributed by atoms with van der Waals surface area (Å²) >= 11 is 0. The largest absolute Gasteiger partial charge is 0.492 e. The van der Waals surface area contributed by atoms with Gasteiger partial charge < -0.3 is 25.1 Å². The van der Waals surface area contributed by atoms with Crippen molar-refractivity contribution in [2.45, 2.75) is 6.92 Å². The van der Waals surface area contributed by atoms with Crippen LogP contribution in [0.5, 0.6) is 11.8 Å². The third-order valence-corrected chi connectivity index (χ3v) is 1.82. The minimum absolute atomic E-state index is 0.271. The van der Waals surface area contributed by atoms with Gasteiger partial charge in [0, 0.05) is 18.7 Å². The zero-order valence-corrected chi connectivity index (χ0v) is 9.75. The summed E-state index contributed by atoms with van der Waals surface area (Å²) in [5, 5.41) is 20.9. The number of carbonyl (C=O) groups is 2. The Labute approximate surface area is 103 Å². The maximum Gasteiger partial charge on any atom is 0.358 e. The van der Waals surface area contributed by atoms with Gasteiger partial charge in [0.05, 0.1) is 0 Å². The van der Waals surface area contributed by atoms with E-state index in [2.05, 4.69) is 10.2 Å². The van der Waals surface area contributed by atoms with Gasteiger partial charge in [-0.25, -0.2) is 4.79 Å². The minimum atomic E-state index is -0.860. The lowest BCUT2D eigenvalue weighted by Crippen LogP contribution is -2.30. The van der Waals surface area contributed by atoms with Crippen molar-refractivity contribution in [3.05, 3.63) is 12.1 Å². The van der Waals surface area contributed by atoms with Crippen LogP contribution >= 0.6 is 0 Å². The lowest BCUT2D eigenvalue weighted by atomic mass is 10.6. The van der Waals surface area contributed by atoms with Crippen molar-refractivity contribution in [2.75, 3.05) is 19.8 Å². The summed E-state index contributed by atoms with van der Waals surface area (Å²) in [5.41, 5.74) is 0. The number of hydrogen-bond donors (Lipinski definition) is 3. The van der Waals surface area contributed by atoms with Gasteiger partial charge in [0.2, 0.25) is 17.7 Å². The Morgan fingerprint density at radius 1 is 1.28 bits per heavy atom. The van der Waals surface area contributed by atoms with Crippen LogP contribution in [0.3, 0.4) is 0 Å². The van der Waals surface area contributed by atoms with E-state index < -0.39 is 24.3 Å². The monoisotopic (exact) mass is 258 g/mol. The molecule has 0 unspecified atom stereocenters. The molecule has 18 heavy (non-hydrogen) atoms. The quantitative estimate of drug-likeness (QED) is 0.604. The molecule has 1 aromatic rings. The first-order valence-electron chi connectivity index (χ1n) is 5.20. The highest BCUT2D eigenvalue weighted by atomic mass is 16.7. The molecule has 100 valence electrons. The molecule has 0 aliphatic carbocycles. The fraction of sp³-hybridized carbons (Fsp3) is 0.400. The molecule has 1 amide bonds. The Bertz CT molecular complexity index is 409. The SMILES string of the molecule is CCNC(=O)COCC(=O)On1c(O)ccc1O. The number of amides is 1. The Kier molecular flexibility index (Phi) is 5.00. The fourth-order valence-corrected chi connectivity index (χ4v) is 1.10. The van der Waals surface area contributed by atoms with Crippen molar-refractivity contribution in [3.8, 4) is 11.8 Å². The second-order valence-electron chi connectivity index (χ2n) is 3.25. The molecule has 3 N–H and O–H groups in total. The first kappa shape index (κ1) is 13.8. The summed E-state index contributed by atoms with van der Waals surface area (Å²) in [4.78, 5) is 26.8. The topological polar surface area (TPSA) is 110 Å². The maximum absolute atomic E-state index is 11.2. The number of nitrogens with one attached hydrogen (secondary N) is 1. The van der Waals surface area contributed by atoms with Crippen molar-refractivity contribution in [1.29, 1.82) is 0 Å². The molecule has 8 nitrogen and oxygen atoms in total. The molecule has 1 aromatic heterocycles. The van der Waals surface area contributed by atoms with Crippen LogP contribution in [0.4, 0.5) is 0 Å². The number of ether oxygens (including phenoxy) is 1. The molecular weight excluding hydrogens is 244 g/mol. The second-order valence-corrected chi connectivity index (χ2v) is 3.25. The summed E-state index contributed by atoms with van der Waals surface area (Å²) in [6.07, 6.45) is 0. The zero-order chi connectivity index (χ0) is 13.5. The molecular formula is C10H14N2O6. The highest BCUT2D eigenvalue weighted by molar-refractivity contribution is 5.77. The lowest BCUT2D eigenvalue weighted by molar-refractivity contribution is -0.151. The van der Waals surface area contributed by atoms with E-state index in [1.807, 2.05) is 0 Å². The number of nitrogens with zero attached hydrogens (tertiary/aromatic N) is 1. The molecule has 0 saturated carbocycles. The van der Waals surface area contributed by atoms with Gasteiger partial charge in [-0.2, -0.15) is 0 Å². The van der Waals surface area contributed by atoms with Gasteiger partial charge in [-0.3, -0.25) is 4.79 Å². The molecule has 0 radical (unpaired) electrons. The summed E-state index contributed by atoms with van der Waals surface area (Å²) < 4.78 is 5.31. The van der Waals surface area contributed by atoms with E-state index >= 15 is 0 Å². The van der Waals surface area contributed by atoms with E-state index in [9.17, 15) is 19.8 Å². The molecule has 0 bridgehead atoms. The van der Waals surface area contributed by atoms with Crippen molar-refractivity contribution < 1.29 is 29.4 Å². The van der Waals surface area contributed by atoms with Crippen molar-refractivity contribution in [1.82, 2.24) is 10.0 Å². The molecule has 0 aliphatic rings. The molecule has 0 spiro atoms. The Balaban J connectivity index is 2.32. The summed E-state index contributed by atoms with van der Waals surface area (Å²) in [6.45, 7) is 1.47. The first-order chi connectivity index (χ1) is 8.54. The number of likely N-dealkylation sites (N-methyl/N-ethyl adjacent to an activating group) is 1. The third kappa shape index (κ3) is 3.98. The minimum Gasteiger partial charge on any atom is -0.492 e. The predicted molar refractivity (Wildman–Crippen MR) is 58.9 cm³/mol. The van der Waals surface area contributed by atoms with Crippen LogP contribution in [0.2, 0.25) is 0 Å². The first-order valence-corrected chi connectivity index (χ1v) is 5.20. The van der Waals surface area contributed by atoms with Gasteiger partial charge >= 0.3 is 5.97 Å². The van der Waals surface area contributed by atoms with Crippen LogP contribution in [-0.4, -0.2) is 46.6 Å². The highest BCUT2D eigenvalue weighted by Gasteiger charge is 2.12. The van der Waals surface area contributed by atoms with Crippen LogP contribution in [0.25, 0.3) is 0 Å².